The molecule has 32 heavy (non-hydrogen) atoms. The van der Waals surface area contributed by atoms with Crippen LogP contribution in [0, 0.1) is 0 Å². The van der Waals surface area contributed by atoms with Gasteiger partial charge in [0.05, 0.1) is 5.69 Å². The molecule has 162 valence electrons. The molecule has 7 heteroatoms. The Morgan fingerprint density at radius 2 is 1.94 bits per heavy atom. The Labute approximate surface area is 188 Å². The number of aryl methyl sites for hydroxylation is 1. The molecular formula is C25H27N7. The molecule has 1 aliphatic rings. The van der Waals surface area contributed by atoms with Crippen molar-refractivity contribution in [3.05, 3.63) is 78.6 Å². The van der Waals surface area contributed by atoms with Crippen LogP contribution in [0.5, 0.6) is 0 Å². The van der Waals surface area contributed by atoms with Gasteiger partial charge in [-0.3, -0.25) is 9.67 Å². The molecule has 0 amide bonds. The molecule has 0 spiro atoms. The summed E-state index contributed by atoms with van der Waals surface area (Å²) >= 11 is 0. The molecule has 1 aromatic carbocycles. The summed E-state index contributed by atoms with van der Waals surface area (Å²) in [6.07, 6.45) is 8.21. The SMILES string of the molecule is CCn1cc(-c2ccnc(Cc3cccc(N4CCNCC4)c3)n2)c(-c2cccnc2)n1. The minimum atomic E-state index is 0.692. The van der Waals surface area contributed by atoms with Gasteiger partial charge >= 0.3 is 0 Å². The molecule has 0 radical (unpaired) electrons. The lowest BCUT2D eigenvalue weighted by Gasteiger charge is -2.29. The monoisotopic (exact) mass is 425 g/mol. The normalized spacial score (nSPS) is 14.0. The maximum absolute atomic E-state index is 4.91. The van der Waals surface area contributed by atoms with Crippen LogP contribution < -0.4 is 10.2 Å². The zero-order valence-electron chi connectivity index (χ0n) is 18.3. The van der Waals surface area contributed by atoms with Crippen LogP contribution in [0.25, 0.3) is 22.5 Å². The molecule has 0 bridgehead atoms. The highest BCUT2D eigenvalue weighted by Crippen LogP contribution is 2.29. The van der Waals surface area contributed by atoms with Crippen LogP contribution in [-0.4, -0.2) is 50.9 Å². The Bertz CT molecular complexity index is 1180. The van der Waals surface area contributed by atoms with E-state index in [4.69, 9.17) is 10.1 Å². The Balaban J connectivity index is 1.43. The first-order valence-corrected chi connectivity index (χ1v) is 11.1. The number of hydrogen-bond donors (Lipinski definition) is 1. The quantitative estimate of drug-likeness (QED) is 0.510. The third-order valence-electron chi connectivity index (χ3n) is 5.76. The van der Waals surface area contributed by atoms with Crippen LogP contribution >= 0.6 is 0 Å². The van der Waals surface area contributed by atoms with E-state index in [-0.39, 0.29) is 0 Å². The fourth-order valence-corrected chi connectivity index (χ4v) is 4.09. The fourth-order valence-electron chi connectivity index (χ4n) is 4.09. The van der Waals surface area contributed by atoms with Gasteiger partial charge in [0.15, 0.2) is 0 Å². The summed E-state index contributed by atoms with van der Waals surface area (Å²) in [6, 6.07) is 14.6. The Hall–Kier alpha value is -3.58. The highest BCUT2D eigenvalue weighted by molar-refractivity contribution is 5.78. The van der Waals surface area contributed by atoms with Crippen molar-refractivity contribution in [1.29, 1.82) is 0 Å². The number of aromatic nitrogens is 5. The number of benzene rings is 1. The second kappa shape index (κ2) is 9.28. The molecule has 0 saturated carbocycles. The molecular weight excluding hydrogens is 398 g/mol. The van der Waals surface area contributed by atoms with E-state index in [2.05, 4.69) is 57.6 Å². The Kier molecular flexibility index (Phi) is 5.89. The highest BCUT2D eigenvalue weighted by atomic mass is 15.3. The van der Waals surface area contributed by atoms with Crippen LogP contribution in [0.4, 0.5) is 5.69 Å². The van der Waals surface area contributed by atoms with E-state index in [1.807, 2.05) is 35.3 Å². The molecule has 1 saturated heterocycles. The van der Waals surface area contributed by atoms with Crippen molar-refractivity contribution < 1.29 is 0 Å². The first-order valence-electron chi connectivity index (χ1n) is 11.1. The number of hydrogen-bond acceptors (Lipinski definition) is 6. The Morgan fingerprint density at radius 3 is 2.75 bits per heavy atom. The smallest absolute Gasteiger partial charge is 0.133 e. The number of anilines is 1. The van der Waals surface area contributed by atoms with Gasteiger partial charge in [-0.2, -0.15) is 5.10 Å². The van der Waals surface area contributed by atoms with Crippen molar-refractivity contribution >= 4 is 5.69 Å². The summed E-state index contributed by atoms with van der Waals surface area (Å²) in [5.41, 5.74) is 6.24. The zero-order valence-corrected chi connectivity index (χ0v) is 18.3. The molecule has 1 fully saturated rings. The predicted molar refractivity (Wildman–Crippen MR) is 126 cm³/mol. The van der Waals surface area contributed by atoms with Crippen molar-refractivity contribution in [3.63, 3.8) is 0 Å². The predicted octanol–water partition coefficient (Wildman–Crippen LogP) is 3.42. The zero-order chi connectivity index (χ0) is 21.8. The van der Waals surface area contributed by atoms with Gasteiger partial charge in [-0.1, -0.05) is 12.1 Å². The minimum absolute atomic E-state index is 0.692. The van der Waals surface area contributed by atoms with E-state index in [0.717, 1.165) is 61.1 Å². The van der Waals surface area contributed by atoms with Crippen molar-refractivity contribution in [2.24, 2.45) is 0 Å². The van der Waals surface area contributed by atoms with Crippen LogP contribution in [0.2, 0.25) is 0 Å². The fraction of sp³-hybridized carbons (Fsp3) is 0.280. The molecule has 0 atom stereocenters. The average Bonchev–Trinajstić information content (AvgIpc) is 3.30. The van der Waals surface area contributed by atoms with Crippen LogP contribution in [0.15, 0.2) is 67.3 Å². The molecule has 1 N–H and O–H groups in total. The maximum Gasteiger partial charge on any atom is 0.133 e. The maximum atomic E-state index is 4.91. The Morgan fingerprint density at radius 1 is 1.03 bits per heavy atom. The van der Waals surface area contributed by atoms with Crippen LogP contribution in [-0.2, 0) is 13.0 Å². The van der Waals surface area contributed by atoms with E-state index in [1.165, 1.54) is 11.3 Å². The van der Waals surface area contributed by atoms with E-state index in [9.17, 15) is 0 Å². The second-order valence-electron chi connectivity index (χ2n) is 7.93. The number of nitrogens with zero attached hydrogens (tertiary/aromatic N) is 6. The molecule has 1 aliphatic heterocycles. The van der Waals surface area contributed by atoms with Crippen molar-refractivity contribution in [2.75, 3.05) is 31.1 Å². The summed E-state index contributed by atoms with van der Waals surface area (Å²) < 4.78 is 1.94. The van der Waals surface area contributed by atoms with Gasteiger partial charge in [-0.05, 0) is 42.8 Å². The summed E-state index contributed by atoms with van der Waals surface area (Å²) in [5.74, 6) is 0.807. The van der Waals surface area contributed by atoms with E-state index in [0.29, 0.717) is 6.42 Å². The topological polar surface area (TPSA) is 71.8 Å². The molecule has 7 nitrogen and oxygen atoms in total. The first-order chi connectivity index (χ1) is 15.8. The first kappa shape index (κ1) is 20.3. The van der Waals surface area contributed by atoms with Crippen LogP contribution in [0.1, 0.15) is 18.3 Å². The molecule has 3 aromatic heterocycles. The third kappa shape index (κ3) is 4.38. The molecule has 4 heterocycles. The van der Waals surface area contributed by atoms with Gasteiger partial charge in [0.1, 0.15) is 11.5 Å². The molecule has 0 aliphatic carbocycles. The number of rotatable bonds is 6. The average molecular weight is 426 g/mol. The summed E-state index contributed by atoms with van der Waals surface area (Å²) in [7, 11) is 0. The summed E-state index contributed by atoms with van der Waals surface area (Å²) in [6.45, 7) is 7.01. The third-order valence-corrected chi connectivity index (χ3v) is 5.76. The lowest BCUT2D eigenvalue weighted by molar-refractivity contribution is 0.589. The van der Waals surface area contributed by atoms with E-state index >= 15 is 0 Å². The van der Waals surface area contributed by atoms with Gasteiger partial charge in [-0.15, -0.1) is 0 Å². The molecule has 5 rings (SSSR count). The van der Waals surface area contributed by atoms with Crippen molar-refractivity contribution in [1.82, 2.24) is 30.0 Å². The number of pyridine rings is 1. The largest absolute Gasteiger partial charge is 0.369 e. The number of nitrogens with one attached hydrogen (secondary N) is 1. The van der Waals surface area contributed by atoms with Crippen molar-refractivity contribution in [3.8, 4) is 22.5 Å². The summed E-state index contributed by atoms with van der Waals surface area (Å²) in [5, 5.41) is 8.17. The molecule has 0 unspecified atom stereocenters. The van der Waals surface area contributed by atoms with Gasteiger partial charge < -0.3 is 10.2 Å². The number of piperazine rings is 1. The van der Waals surface area contributed by atoms with Gasteiger partial charge in [0.25, 0.3) is 0 Å². The van der Waals surface area contributed by atoms with E-state index < -0.39 is 0 Å². The standard InChI is InChI=1S/C25H27N7/c1-2-32-18-22(25(30-32)20-6-4-9-27-17-20)23-8-10-28-24(29-23)16-19-5-3-7-21(15-19)31-13-11-26-12-14-31/h3-10,15,17-18,26H,2,11-14,16H2,1H3. The van der Waals surface area contributed by atoms with Gasteiger partial charge in [0.2, 0.25) is 0 Å². The second-order valence-corrected chi connectivity index (χ2v) is 7.93. The summed E-state index contributed by atoms with van der Waals surface area (Å²) in [4.78, 5) is 16.2. The highest BCUT2D eigenvalue weighted by Gasteiger charge is 2.15. The van der Waals surface area contributed by atoms with Gasteiger partial charge in [0, 0.05) is 80.7 Å². The lowest BCUT2D eigenvalue weighted by atomic mass is 10.1. The molecule has 4 aromatic rings. The lowest BCUT2D eigenvalue weighted by Crippen LogP contribution is -2.43. The van der Waals surface area contributed by atoms with Gasteiger partial charge in [-0.25, -0.2) is 9.97 Å². The van der Waals surface area contributed by atoms with Crippen LogP contribution in [0.3, 0.4) is 0 Å². The minimum Gasteiger partial charge on any atom is -0.369 e. The van der Waals surface area contributed by atoms with E-state index in [1.54, 1.807) is 6.20 Å². The van der Waals surface area contributed by atoms with Crippen molar-refractivity contribution in [2.45, 2.75) is 19.9 Å².